The summed E-state index contributed by atoms with van der Waals surface area (Å²) in [6.07, 6.45) is 1.08. The summed E-state index contributed by atoms with van der Waals surface area (Å²) in [5.41, 5.74) is 0.794. The Bertz CT molecular complexity index is 538. The van der Waals surface area contributed by atoms with Gasteiger partial charge in [-0.1, -0.05) is 11.2 Å². The molecule has 0 atom stereocenters. The molecule has 18 heavy (non-hydrogen) atoms. The van der Waals surface area contributed by atoms with Crippen molar-refractivity contribution in [2.24, 2.45) is 0 Å². The number of rotatable bonds is 4. The molecule has 0 fully saturated rings. The Kier molecular flexibility index (Phi) is 3.06. The van der Waals surface area contributed by atoms with E-state index in [9.17, 15) is 0 Å². The summed E-state index contributed by atoms with van der Waals surface area (Å²) in [4.78, 5) is 2.24. The fraction of sp³-hybridized carbons (Fsp3) is 0.462. The van der Waals surface area contributed by atoms with Gasteiger partial charge in [-0.3, -0.25) is 0 Å². The second-order valence-corrected chi connectivity index (χ2v) is 4.43. The maximum absolute atomic E-state index is 5.76. The van der Waals surface area contributed by atoms with Crippen LogP contribution in [-0.2, 0) is 0 Å². The lowest BCUT2D eigenvalue weighted by Crippen LogP contribution is -2.30. The van der Waals surface area contributed by atoms with Gasteiger partial charge in [-0.05, 0) is 32.1 Å². The lowest BCUT2D eigenvalue weighted by atomic mass is 10.2. The van der Waals surface area contributed by atoms with Gasteiger partial charge < -0.3 is 19.5 Å². The number of hydrogen-bond donors (Lipinski definition) is 1. The van der Waals surface area contributed by atoms with Gasteiger partial charge in [0.25, 0.3) is 0 Å². The molecule has 5 heteroatoms. The van der Waals surface area contributed by atoms with Crippen molar-refractivity contribution in [3.8, 4) is 5.75 Å². The van der Waals surface area contributed by atoms with E-state index in [-0.39, 0.29) is 0 Å². The summed E-state index contributed by atoms with van der Waals surface area (Å²) >= 11 is 0. The van der Waals surface area contributed by atoms with Crippen molar-refractivity contribution in [3.63, 3.8) is 0 Å². The van der Waals surface area contributed by atoms with Gasteiger partial charge in [-0.2, -0.15) is 0 Å². The Morgan fingerprint density at radius 1 is 1.44 bits per heavy atom. The van der Waals surface area contributed by atoms with Gasteiger partial charge in [0.2, 0.25) is 0 Å². The molecule has 96 valence electrons. The molecule has 0 saturated carbocycles. The van der Waals surface area contributed by atoms with Gasteiger partial charge in [-0.25, -0.2) is 0 Å². The molecule has 0 spiro atoms. The van der Waals surface area contributed by atoms with Crippen molar-refractivity contribution in [1.82, 2.24) is 10.5 Å². The van der Waals surface area contributed by atoms with Crippen LogP contribution in [0, 0.1) is 0 Å². The van der Waals surface area contributed by atoms with Gasteiger partial charge in [0, 0.05) is 6.54 Å². The predicted octanol–water partition coefficient (Wildman–Crippen LogP) is 1.64. The minimum absolute atomic E-state index is 0.690. The van der Waals surface area contributed by atoms with E-state index in [2.05, 4.69) is 15.4 Å². The molecule has 2 heterocycles. The van der Waals surface area contributed by atoms with Crippen LogP contribution in [0.2, 0.25) is 0 Å². The maximum atomic E-state index is 5.76. The number of nitrogens with zero attached hydrogens (tertiary/aromatic N) is 2. The summed E-state index contributed by atoms with van der Waals surface area (Å²) in [6, 6.07) is 5.83. The van der Waals surface area contributed by atoms with Crippen LogP contribution >= 0.6 is 0 Å². The van der Waals surface area contributed by atoms with E-state index < -0.39 is 0 Å². The normalized spacial score (nSPS) is 14.6. The smallest absolute Gasteiger partial charge is 0.183 e. The molecule has 1 aliphatic rings. The molecule has 3 rings (SSSR count). The number of anilines is 1. The quantitative estimate of drug-likeness (QED) is 0.832. The highest BCUT2D eigenvalue weighted by Crippen LogP contribution is 2.35. The van der Waals surface area contributed by atoms with E-state index in [1.54, 1.807) is 0 Å². The first-order valence-corrected chi connectivity index (χ1v) is 6.31. The van der Waals surface area contributed by atoms with E-state index in [0.29, 0.717) is 6.61 Å². The largest absolute Gasteiger partial charge is 0.491 e. The van der Waals surface area contributed by atoms with Crippen LogP contribution in [0.1, 0.15) is 6.42 Å². The first kappa shape index (κ1) is 11.3. The van der Waals surface area contributed by atoms with Crippen molar-refractivity contribution < 1.29 is 9.26 Å². The Labute approximate surface area is 106 Å². The van der Waals surface area contributed by atoms with Crippen molar-refractivity contribution in [2.75, 3.05) is 38.2 Å². The molecule has 1 aromatic heterocycles. The molecular formula is C13H17N3O2. The monoisotopic (exact) mass is 247 g/mol. The molecule has 5 nitrogen and oxygen atoms in total. The molecule has 0 amide bonds. The Morgan fingerprint density at radius 3 is 3.28 bits per heavy atom. The summed E-state index contributed by atoms with van der Waals surface area (Å²) in [7, 11) is 1.97. The summed E-state index contributed by atoms with van der Waals surface area (Å²) in [6.45, 7) is 3.50. The van der Waals surface area contributed by atoms with Crippen molar-refractivity contribution in [1.29, 1.82) is 0 Å². The molecule has 0 saturated heterocycles. The number of nitrogens with one attached hydrogen (secondary N) is 1. The van der Waals surface area contributed by atoms with Crippen LogP contribution in [0.15, 0.2) is 22.7 Å². The van der Waals surface area contributed by atoms with E-state index in [0.717, 1.165) is 48.6 Å². The van der Waals surface area contributed by atoms with Gasteiger partial charge in [0.15, 0.2) is 11.4 Å². The van der Waals surface area contributed by atoms with Gasteiger partial charge in [-0.15, -0.1) is 0 Å². The topological polar surface area (TPSA) is 50.5 Å². The minimum atomic E-state index is 0.690. The standard InChI is InChI=1S/C13H17N3O2/c1-14-6-3-7-16-8-9-17-10-4-2-5-11-12(10)13(16)15-18-11/h2,4-5,14H,3,6-9H2,1H3. The van der Waals surface area contributed by atoms with Crippen molar-refractivity contribution >= 4 is 16.8 Å². The van der Waals surface area contributed by atoms with Crippen LogP contribution in [-0.4, -0.2) is 38.4 Å². The van der Waals surface area contributed by atoms with Crippen LogP contribution in [0.4, 0.5) is 5.82 Å². The molecule has 0 aliphatic carbocycles. The highest BCUT2D eigenvalue weighted by atomic mass is 16.5. The zero-order valence-corrected chi connectivity index (χ0v) is 10.5. The second kappa shape index (κ2) is 4.86. The van der Waals surface area contributed by atoms with Gasteiger partial charge in [0.05, 0.1) is 6.54 Å². The number of aromatic nitrogens is 1. The predicted molar refractivity (Wildman–Crippen MR) is 70.3 cm³/mol. The van der Waals surface area contributed by atoms with Crippen LogP contribution in [0.3, 0.4) is 0 Å². The number of benzene rings is 1. The van der Waals surface area contributed by atoms with Gasteiger partial charge in [0.1, 0.15) is 17.7 Å². The molecule has 0 unspecified atom stereocenters. The zero-order chi connectivity index (χ0) is 12.4. The maximum Gasteiger partial charge on any atom is 0.183 e. The summed E-state index contributed by atoms with van der Waals surface area (Å²) in [5, 5.41) is 8.35. The van der Waals surface area contributed by atoms with Crippen molar-refractivity contribution in [2.45, 2.75) is 6.42 Å². The van der Waals surface area contributed by atoms with E-state index >= 15 is 0 Å². The first-order chi connectivity index (χ1) is 8.90. The lowest BCUT2D eigenvalue weighted by Gasteiger charge is -2.19. The SMILES string of the molecule is CNCCCN1CCOc2cccc3onc1c23. The number of hydrogen-bond acceptors (Lipinski definition) is 5. The molecule has 1 aromatic carbocycles. The molecule has 0 radical (unpaired) electrons. The Morgan fingerprint density at radius 2 is 2.39 bits per heavy atom. The molecule has 1 aliphatic heterocycles. The third kappa shape index (κ3) is 1.90. The lowest BCUT2D eigenvalue weighted by molar-refractivity contribution is 0.329. The van der Waals surface area contributed by atoms with Crippen LogP contribution < -0.4 is 15.0 Å². The summed E-state index contributed by atoms with van der Waals surface area (Å²) < 4.78 is 11.1. The fourth-order valence-electron chi connectivity index (χ4n) is 2.32. The summed E-state index contributed by atoms with van der Waals surface area (Å²) in [5.74, 6) is 1.79. The third-order valence-corrected chi connectivity index (χ3v) is 3.22. The zero-order valence-electron chi connectivity index (χ0n) is 10.5. The number of ether oxygens (including phenoxy) is 1. The Balaban J connectivity index is 1.93. The third-order valence-electron chi connectivity index (χ3n) is 3.22. The molecule has 1 N–H and O–H groups in total. The van der Waals surface area contributed by atoms with Crippen LogP contribution in [0.5, 0.6) is 5.75 Å². The van der Waals surface area contributed by atoms with Crippen LogP contribution in [0.25, 0.3) is 11.0 Å². The minimum Gasteiger partial charge on any atom is -0.491 e. The van der Waals surface area contributed by atoms with Crippen molar-refractivity contribution in [3.05, 3.63) is 18.2 Å². The molecule has 0 bridgehead atoms. The molecule has 2 aromatic rings. The van der Waals surface area contributed by atoms with Gasteiger partial charge >= 0.3 is 0 Å². The average Bonchev–Trinajstić information content (AvgIpc) is 2.73. The second-order valence-electron chi connectivity index (χ2n) is 4.43. The fourth-order valence-corrected chi connectivity index (χ4v) is 2.32. The highest BCUT2D eigenvalue weighted by molar-refractivity contribution is 5.94. The van der Waals surface area contributed by atoms with E-state index in [1.807, 2.05) is 25.2 Å². The first-order valence-electron chi connectivity index (χ1n) is 6.31. The average molecular weight is 247 g/mol. The van der Waals surface area contributed by atoms with E-state index in [4.69, 9.17) is 9.26 Å². The van der Waals surface area contributed by atoms with E-state index in [1.165, 1.54) is 0 Å². The highest BCUT2D eigenvalue weighted by Gasteiger charge is 2.22. The Hall–Kier alpha value is -1.75. The molecular weight excluding hydrogens is 230 g/mol.